The molecular weight excluding hydrogens is 450 g/mol. The number of hydrogen-bond acceptors (Lipinski definition) is 0. The van der Waals surface area contributed by atoms with Crippen molar-refractivity contribution < 1.29 is 20.8 Å². The van der Waals surface area contributed by atoms with Gasteiger partial charge in [-0.2, -0.15) is 0 Å². The van der Waals surface area contributed by atoms with Gasteiger partial charge in [-0.3, -0.25) is 0 Å². The standard InChI is InChI=1S/C12H16.C10H20.2CH3.2ClH.Zr/c1-2-5-10-8-9-11-6-3-4-7-12(10)11;1-3-4-5-10-7-6-9(2)8-10;;;;;/h2-4,6-7,10-12H,1,5,8-9H2;9-10H,3-8H2,1-2H3;2*1H3;2*1H;/q;;2*-1;;;+4/p-2. The predicted molar refractivity (Wildman–Crippen MR) is 123 cm³/mol. The Balaban J connectivity index is 0. The third-order valence-electron chi connectivity index (χ3n) is 5.95. The molecule has 0 heterocycles. The van der Waals surface area contributed by atoms with Gasteiger partial charge in [0.25, 0.3) is 0 Å². The molecule has 0 N–H and O–H groups in total. The average Bonchev–Trinajstić information content (AvgIpc) is 3.21. The van der Waals surface area contributed by atoms with Gasteiger partial charge >= 0.3 is 37.9 Å². The van der Waals surface area contributed by atoms with Crippen LogP contribution in [0.3, 0.4) is 0 Å². The summed E-state index contributed by atoms with van der Waals surface area (Å²) in [4.78, 5) is 0. The molecular formula is C24H42Cl2Zr. The molecule has 5 unspecified atom stereocenters. The summed E-state index contributed by atoms with van der Waals surface area (Å²) in [6.45, 7) is 8.50. The number of allylic oxidation sites excluding steroid dienone is 5. The van der Waals surface area contributed by atoms with Crippen molar-refractivity contribution in [3.05, 3.63) is 51.8 Å². The Labute approximate surface area is 189 Å². The fraction of sp³-hybridized carbons (Fsp3) is 0.667. The first-order valence-corrected chi connectivity index (χ1v) is 16.4. The van der Waals surface area contributed by atoms with E-state index in [4.69, 9.17) is 17.0 Å². The molecule has 3 aliphatic rings. The van der Waals surface area contributed by atoms with Crippen LogP contribution in [0, 0.1) is 44.4 Å². The fourth-order valence-electron chi connectivity index (χ4n) is 4.63. The van der Waals surface area contributed by atoms with Crippen LogP contribution in [-0.2, 0) is 20.8 Å². The second-order valence-electron chi connectivity index (χ2n) is 7.87. The van der Waals surface area contributed by atoms with Gasteiger partial charge in [0.2, 0.25) is 0 Å². The predicted octanol–water partition coefficient (Wildman–Crippen LogP) is 9.22. The van der Waals surface area contributed by atoms with E-state index in [-0.39, 0.29) is 14.9 Å². The zero-order chi connectivity index (χ0) is 18.5. The minimum absolute atomic E-state index is 0. The van der Waals surface area contributed by atoms with Crippen molar-refractivity contribution in [3.8, 4) is 0 Å². The summed E-state index contributed by atoms with van der Waals surface area (Å²) in [5, 5.41) is 0. The Morgan fingerprint density at radius 1 is 1.07 bits per heavy atom. The van der Waals surface area contributed by atoms with E-state index in [1.54, 1.807) is 0 Å². The van der Waals surface area contributed by atoms with Crippen LogP contribution in [-0.4, -0.2) is 0 Å². The van der Waals surface area contributed by atoms with Crippen LogP contribution in [0.15, 0.2) is 37.0 Å². The minimum atomic E-state index is -0.826. The molecule has 3 rings (SSSR count). The van der Waals surface area contributed by atoms with Crippen LogP contribution in [0.4, 0.5) is 0 Å². The molecule has 0 saturated heterocycles. The Hall–Kier alpha value is 0.683. The Bertz CT molecular complexity index is 405. The quantitative estimate of drug-likeness (QED) is 0.265. The number of halogens is 2. The fourth-order valence-corrected chi connectivity index (χ4v) is 4.63. The topological polar surface area (TPSA) is 0 Å². The Morgan fingerprint density at radius 2 is 1.74 bits per heavy atom. The molecule has 0 aliphatic heterocycles. The summed E-state index contributed by atoms with van der Waals surface area (Å²) < 4.78 is 0. The molecule has 156 valence electrons. The van der Waals surface area contributed by atoms with Gasteiger partial charge in [0.05, 0.1) is 0 Å². The SMILES string of the molecule is C=CCC1CCC2C=CC=CC21.CCCCC1CCC(C)C1.[CH3-].[CH3-].[Cl][Zr+2][Cl]. The summed E-state index contributed by atoms with van der Waals surface area (Å²) in [6, 6.07) is 0. The third kappa shape index (κ3) is 12.1. The molecule has 0 spiro atoms. The molecule has 0 nitrogen and oxygen atoms in total. The molecule has 0 aromatic rings. The van der Waals surface area contributed by atoms with Gasteiger partial charge < -0.3 is 14.9 Å². The van der Waals surface area contributed by atoms with E-state index in [2.05, 4.69) is 50.8 Å². The number of fused-ring (bicyclic) bond motifs is 1. The van der Waals surface area contributed by atoms with Crippen molar-refractivity contribution in [3.63, 3.8) is 0 Å². The molecule has 2 fully saturated rings. The molecule has 0 amide bonds. The van der Waals surface area contributed by atoms with Gasteiger partial charge in [0, 0.05) is 0 Å². The van der Waals surface area contributed by atoms with Crippen LogP contribution >= 0.6 is 17.0 Å². The van der Waals surface area contributed by atoms with E-state index in [1.165, 1.54) is 57.8 Å². The average molecular weight is 493 g/mol. The number of hydrogen-bond donors (Lipinski definition) is 0. The zero-order valence-corrected chi connectivity index (χ0v) is 22.1. The van der Waals surface area contributed by atoms with Crippen LogP contribution in [0.5, 0.6) is 0 Å². The first-order valence-electron chi connectivity index (χ1n) is 10.1. The van der Waals surface area contributed by atoms with Crippen molar-refractivity contribution in [2.75, 3.05) is 0 Å². The zero-order valence-electron chi connectivity index (χ0n) is 18.1. The number of unbranched alkanes of at least 4 members (excludes halogenated alkanes) is 1. The van der Waals surface area contributed by atoms with E-state index in [9.17, 15) is 0 Å². The molecule has 2 saturated carbocycles. The van der Waals surface area contributed by atoms with Crippen LogP contribution in [0.1, 0.15) is 71.6 Å². The third-order valence-corrected chi connectivity index (χ3v) is 5.95. The van der Waals surface area contributed by atoms with Crippen molar-refractivity contribution >= 4 is 17.0 Å². The molecule has 3 aliphatic carbocycles. The van der Waals surface area contributed by atoms with E-state index in [0.29, 0.717) is 0 Å². The first kappa shape index (κ1) is 29.9. The van der Waals surface area contributed by atoms with Crippen LogP contribution < -0.4 is 0 Å². The molecule has 0 aromatic heterocycles. The molecule has 27 heavy (non-hydrogen) atoms. The normalized spacial score (nSPS) is 29.6. The van der Waals surface area contributed by atoms with Crippen molar-refractivity contribution in [2.24, 2.45) is 29.6 Å². The number of rotatable bonds is 5. The summed E-state index contributed by atoms with van der Waals surface area (Å²) in [5.41, 5.74) is 0. The molecule has 0 bridgehead atoms. The van der Waals surface area contributed by atoms with Gasteiger partial charge in [0.15, 0.2) is 0 Å². The first-order chi connectivity index (χ1) is 12.2. The van der Waals surface area contributed by atoms with E-state index in [1.807, 2.05) is 0 Å². The van der Waals surface area contributed by atoms with Gasteiger partial charge in [-0.05, 0) is 55.3 Å². The Morgan fingerprint density at radius 3 is 2.30 bits per heavy atom. The maximum absolute atomic E-state index is 4.93. The van der Waals surface area contributed by atoms with E-state index >= 15 is 0 Å². The van der Waals surface area contributed by atoms with Crippen LogP contribution in [0.2, 0.25) is 0 Å². The monoisotopic (exact) mass is 490 g/mol. The van der Waals surface area contributed by atoms with Crippen molar-refractivity contribution in [1.29, 1.82) is 0 Å². The molecule has 5 atom stereocenters. The summed E-state index contributed by atoms with van der Waals surface area (Å²) in [5.74, 6) is 4.64. The Kier molecular flexibility index (Phi) is 20.7. The van der Waals surface area contributed by atoms with E-state index < -0.39 is 20.8 Å². The summed E-state index contributed by atoms with van der Waals surface area (Å²) in [6.07, 6.45) is 24.0. The second-order valence-corrected chi connectivity index (χ2v) is 11.6. The van der Waals surface area contributed by atoms with Crippen molar-refractivity contribution in [1.82, 2.24) is 0 Å². The van der Waals surface area contributed by atoms with Crippen LogP contribution in [0.25, 0.3) is 0 Å². The maximum atomic E-state index is 4.93. The summed E-state index contributed by atoms with van der Waals surface area (Å²) >= 11 is -0.826. The summed E-state index contributed by atoms with van der Waals surface area (Å²) in [7, 11) is 9.87. The van der Waals surface area contributed by atoms with Gasteiger partial charge in [-0.1, -0.05) is 76.3 Å². The van der Waals surface area contributed by atoms with E-state index in [0.717, 1.165) is 29.6 Å². The second kappa shape index (κ2) is 18.7. The molecule has 0 radical (unpaired) electrons. The molecule has 0 aromatic carbocycles. The molecule has 3 heteroatoms. The van der Waals surface area contributed by atoms with Gasteiger partial charge in [-0.15, -0.1) is 6.58 Å². The van der Waals surface area contributed by atoms with Gasteiger partial charge in [-0.25, -0.2) is 0 Å². The van der Waals surface area contributed by atoms with Gasteiger partial charge in [0.1, 0.15) is 0 Å². The van der Waals surface area contributed by atoms with Crippen molar-refractivity contribution in [2.45, 2.75) is 71.6 Å².